The highest BCUT2D eigenvalue weighted by Gasteiger charge is 2.18. The molecule has 0 bridgehead atoms. The van der Waals surface area contributed by atoms with Crippen LogP contribution in [-0.4, -0.2) is 22.2 Å². The van der Waals surface area contributed by atoms with Crippen LogP contribution in [0.5, 0.6) is 5.75 Å². The Morgan fingerprint density at radius 2 is 1.95 bits per heavy atom. The van der Waals surface area contributed by atoms with Crippen molar-refractivity contribution in [3.05, 3.63) is 39.2 Å². The highest BCUT2D eigenvalue weighted by atomic mass is 16.5. The van der Waals surface area contributed by atoms with E-state index in [1.807, 2.05) is 27.7 Å². The molecule has 0 saturated carbocycles. The van der Waals surface area contributed by atoms with Crippen LogP contribution >= 0.6 is 0 Å². The largest absolute Gasteiger partial charge is 0.494 e. The number of nitrogens with zero attached hydrogens (tertiary/aromatic N) is 1. The highest BCUT2D eigenvalue weighted by Crippen LogP contribution is 2.29. The van der Waals surface area contributed by atoms with Crippen molar-refractivity contribution in [2.45, 2.75) is 34.2 Å². The Morgan fingerprint density at radius 3 is 2.48 bits per heavy atom. The van der Waals surface area contributed by atoms with Crippen LogP contribution in [0.4, 0.5) is 0 Å². The number of carboxylic acids is 1. The van der Waals surface area contributed by atoms with Gasteiger partial charge in [0, 0.05) is 12.7 Å². The summed E-state index contributed by atoms with van der Waals surface area (Å²) in [5.74, 6) is -0.579. The molecule has 21 heavy (non-hydrogen) atoms. The maximum Gasteiger partial charge on any atom is 0.341 e. The van der Waals surface area contributed by atoms with Gasteiger partial charge in [0.15, 0.2) is 0 Å². The van der Waals surface area contributed by atoms with E-state index < -0.39 is 11.4 Å². The van der Waals surface area contributed by atoms with Gasteiger partial charge in [-0.05, 0) is 44.9 Å². The number of carboxylic acid groups (broad SMARTS) is 1. The van der Waals surface area contributed by atoms with Gasteiger partial charge in [-0.1, -0.05) is 0 Å². The number of aromatic carboxylic acids is 1. The van der Waals surface area contributed by atoms with Gasteiger partial charge in [-0.2, -0.15) is 0 Å². The molecule has 0 saturated heterocycles. The lowest BCUT2D eigenvalue weighted by atomic mass is 10.0. The molecule has 112 valence electrons. The molecule has 5 nitrogen and oxygen atoms in total. The third-order valence-electron chi connectivity index (χ3n) is 3.75. The van der Waals surface area contributed by atoms with Crippen LogP contribution in [0.25, 0.3) is 10.9 Å². The van der Waals surface area contributed by atoms with E-state index in [4.69, 9.17) is 4.74 Å². The molecule has 5 heteroatoms. The quantitative estimate of drug-likeness (QED) is 0.939. The third kappa shape index (κ3) is 2.39. The summed E-state index contributed by atoms with van der Waals surface area (Å²) < 4.78 is 7.36. The predicted octanol–water partition coefficient (Wildman–Crippen LogP) is 2.74. The molecule has 0 spiro atoms. The van der Waals surface area contributed by atoms with Crippen LogP contribution in [0.1, 0.15) is 35.3 Å². The smallest absolute Gasteiger partial charge is 0.341 e. The maximum atomic E-state index is 12.4. The SMILES string of the molecule is CCOc1cc2c(=O)c(C(=O)O)cn(CC)c2c(C)c1C. The first-order valence-corrected chi connectivity index (χ1v) is 6.95. The van der Waals surface area contributed by atoms with Crippen LogP contribution in [0.3, 0.4) is 0 Å². The molecule has 0 atom stereocenters. The Kier molecular flexibility index (Phi) is 4.02. The Hall–Kier alpha value is -2.30. The molecule has 1 N–H and O–H groups in total. The highest BCUT2D eigenvalue weighted by molar-refractivity contribution is 5.94. The fourth-order valence-electron chi connectivity index (χ4n) is 2.55. The van der Waals surface area contributed by atoms with E-state index in [0.717, 1.165) is 16.6 Å². The second kappa shape index (κ2) is 5.60. The van der Waals surface area contributed by atoms with Gasteiger partial charge in [-0.25, -0.2) is 4.79 Å². The van der Waals surface area contributed by atoms with Crippen LogP contribution in [-0.2, 0) is 6.54 Å². The van der Waals surface area contributed by atoms with Crippen molar-refractivity contribution < 1.29 is 14.6 Å². The lowest BCUT2D eigenvalue weighted by Crippen LogP contribution is -2.19. The predicted molar refractivity (Wildman–Crippen MR) is 81.5 cm³/mol. The van der Waals surface area contributed by atoms with Crippen molar-refractivity contribution in [3.8, 4) is 5.75 Å². The van der Waals surface area contributed by atoms with Crippen LogP contribution in [0.15, 0.2) is 17.1 Å². The first-order chi connectivity index (χ1) is 9.92. The van der Waals surface area contributed by atoms with E-state index in [1.54, 1.807) is 10.6 Å². The molecule has 2 aromatic rings. The zero-order valence-corrected chi connectivity index (χ0v) is 12.7. The number of hydrogen-bond acceptors (Lipinski definition) is 3. The minimum atomic E-state index is -1.21. The van der Waals surface area contributed by atoms with Crippen molar-refractivity contribution in [2.75, 3.05) is 6.61 Å². The van der Waals surface area contributed by atoms with E-state index in [1.165, 1.54) is 6.20 Å². The molecule has 0 unspecified atom stereocenters. The van der Waals surface area contributed by atoms with E-state index in [9.17, 15) is 14.7 Å². The van der Waals surface area contributed by atoms with Gasteiger partial charge >= 0.3 is 5.97 Å². The Morgan fingerprint density at radius 1 is 1.29 bits per heavy atom. The molecule has 1 aromatic heterocycles. The van der Waals surface area contributed by atoms with E-state index in [0.29, 0.717) is 24.3 Å². The molecule has 0 aliphatic carbocycles. The number of hydrogen-bond donors (Lipinski definition) is 1. The normalized spacial score (nSPS) is 10.9. The monoisotopic (exact) mass is 289 g/mol. The van der Waals surface area contributed by atoms with Crippen LogP contribution in [0, 0.1) is 13.8 Å². The summed E-state index contributed by atoms with van der Waals surface area (Å²) in [5.41, 5.74) is 2.00. The van der Waals surface area contributed by atoms with E-state index >= 15 is 0 Å². The number of aromatic nitrogens is 1. The number of benzene rings is 1. The standard InChI is InChI=1S/C16H19NO4/c1-5-17-8-12(16(19)20)15(18)11-7-13(21-6-2)9(3)10(4)14(11)17/h7-8H,5-6H2,1-4H3,(H,19,20). The number of carbonyl (C=O) groups is 1. The van der Waals surface area contributed by atoms with Crippen LogP contribution < -0.4 is 10.2 Å². The summed E-state index contributed by atoms with van der Waals surface area (Å²) in [6, 6.07) is 1.65. The molecule has 0 aliphatic heterocycles. The molecular weight excluding hydrogens is 270 g/mol. The molecular formula is C16H19NO4. The Bertz CT molecular complexity index is 774. The second-order valence-corrected chi connectivity index (χ2v) is 4.92. The summed E-state index contributed by atoms with van der Waals surface area (Å²) in [5, 5.41) is 9.59. The van der Waals surface area contributed by atoms with Crippen molar-refractivity contribution in [1.29, 1.82) is 0 Å². The van der Waals surface area contributed by atoms with Gasteiger partial charge in [0.1, 0.15) is 11.3 Å². The molecule has 2 rings (SSSR count). The Labute approximate surface area is 122 Å². The zero-order chi connectivity index (χ0) is 15.7. The molecule has 0 amide bonds. The summed E-state index contributed by atoms with van der Waals surface area (Å²) >= 11 is 0. The average Bonchev–Trinajstić information content (AvgIpc) is 2.45. The van der Waals surface area contributed by atoms with Gasteiger partial charge in [-0.3, -0.25) is 4.79 Å². The van der Waals surface area contributed by atoms with Gasteiger partial charge in [0.2, 0.25) is 5.43 Å². The lowest BCUT2D eigenvalue weighted by Gasteiger charge is -2.17. The molecule has 1 heterocycles. The van der Waals surface area contributed by atoms with E-state index in [2.05, 4.69) is 0 Å². The summed E-state index contributed by atoms with van der Waals surface area (Å²) in [6.07, 6.45) is 1.42. The van der Waals surface area contributed by atoms with Gasteiger partial charge < -0.3 is 14.4 Å². The molecule has 1 aromatic carbocycles. The summed E-state index contributed by atoms with van der Waals surface area (Å²) in [6.45, 7) is 8.73. The molecule has 0 fully saturated rings. The number of ether oxygens (including phenoxy) is 1. The van der Waals surface area contributed by atoms with Gasteiger partial charge in [0.25, 0.3) is 0 Å². The molecule has 0 radical (unpaired) electrons. The van der Waals surface area contributed by atoms with Crippen molar-refractivity contribution in [3.63, 3.8) is 0 Å². The van der Waals surface area contributed by atoms with Crippen molar-refractivity contribution in [1.82, 2.24) is 4.57 Å². The third-order valence-corrected chi connectivity index (χ3v) is 3.75. The van der Waals surface area contributed by atoms with E-state index in [-0.39, 0.29) is 5.56 Å². The first kappa shape index (κ1) is 15.1. The fraction of sp³-hybridized carbons (Fsp3) is 0.375. The summed E-state index contributed by atoms with van der Waals surface area (Å²) in [7, 11) is 0. The first-order valence-electron chi connectivity index (χ1n) is 6.95. The van der Waals surface area contributed by atoms with Crippen LogP contribution in [0.2, 0.25) is 0 Å². The lowest BCUT2D eigenvalue weighted by molar-refractivity contribution is 0.0695. The second-order valence-electron chi connectivity index (χ2n) is 4.92. The minimum absolute atomic E-state index is 0.213. The van der Waals surface area contributed by atoms with Crippen molar-refractivity contribution in [2.24, 2.45) is 0 Å². The average molecular weight is 289 g/mol. The number of rotatable bonds is 4. The van der Waals surface area contributed by atoms with Crippen molar-refractivity contribution >= 4 is 16.9 Å². The van der Waals surface area contributed by atoms with Gasteiger partial charge in [-0.15, -0.1) is 0 Å². The topological polar surface area (TPSA) is 68.5 Å². The fourth-order valence-corrected chi connectivity index (χ4v) is 2.55. The number of aryl methyl sites for hydroxylation is 2. The number of fused-ring (bicyclic) bond motifs is 1. The Balaban J connectivity index is 2.98. The molecule has 0 aliphatic rings. The maximum absolute atomic E-state index is 12.4. The zero-order valence-electron chi connectivity index (χ0n) is 12.7. The number of pyridine rings is 1. The van der Waals surface area contributed by atoms with Gasteiger partial charge in [0.05, 0.1) is 17.5 Å². The summed E-state index contributed by atoms with van der Waals surface area (Å²) in [4.78, 5) is 23.7. The minimum Gasteiger partial charge on any atom is -0.494 e.